The Morgan fingerprint density at radius 2 is 0.893 bits per heavy atom. The zero-order valence-electron chi connectivity index (χ0n) is 14.9. The highest BCUT2D eigenvalue weighted by Gasteiger charge is 2.02. The molecule has 0 aliphatic heterocycles. The Morgan fingerprint density at radius 3 is 1.25 bits per heavy atom. The van der Waals surface area contributed by atoms with E-state index in [1.54, 1.807) is 60.7 Å². The van der Waals surface area contributed by atoms with Crippen LogP contribution in [0.1, 0.15) is 0 Å². The lowest BCUT2D eigenvalue weighted by molar-refractivity contribution is 0.223. The molecule has 142 valence electrons. The largest absolute Gasteiger partial charge is 0.376 e. The van der Waals surface area contributed by atoms with Gasteiger partial charge in [-0.15, -0.1) is 0 Å². The molecule has 0 atom stereocenters. The lowest BCUT2D eigenvalue weighted by Gasteiger charge is -2.18. The Hall–Kier alpha value is -3.49. The zero-order valence-corrected chi connectivity index (χ0v) is 14.9. The summed E-state index contributed by atoms with van der Waals surface area (Å²) in [6.45, 7) is -0.551. The molecule has 0 saturated carbocycles. The van der Waals surface area contributed by atoms with Crippen molar-refractivity contribution in [2.45, 2.75) is 0 Å². The Bertz CT molecular complexity index is 938. The van der Waals surface area contributed by atoms with Gasteiger partial charge >= 0.3 is 0 Å². The van der Waals surface area contributed by atoms with Gasteiger partial charge in [0.05, 0.1) is 22.7 Å². The summed E-state index contributed by atoms with van der Waals surface area (Å²) in [5.74, 6) is -0.317. The molecule has 0 aliphatic rings. The maximum Gasteiger partial charge on any atom is 0.123 e. The molecule has 3 aromatic carbocycles. The van der Waals surface area contributed by atoms with Crippen LogP contribution >= 0.6 is 0 Å². The first kappa shape index (κ1) is 19.3. The van der Waals surface area contributed by atoms with Gasteiger partial charge < -0.3 is 15.1 Å². The summed E-state index contributed by atoms with van der Waals surface area (Å²) >= 11 is 0. The van der Waals surface area contributed by atoms with Gasteiger partial charge in [0.1, 0.15) is 19.3 Å². The molecule has 0 aromatic heterocycles. The van der Waals surface area contributed by atoms with Crippen LogP contribution in [0, 0.1) is 5.82 Å². The minimum Gasteiger partial charge on any atom is -0.376 e. The van der Waals surface area contributed by atoms with E-state index in [-0.39, 0.29) is 19.3 Å². The highest BCUT2D eigenvalue weighted by molar-refractivity contribution is 5.53. The number of hydrogen-bond acceptors (Lipinski definition) is 7. The number of hydrogen-bond donors (Lipinski definition) is 2. The van der Waals surface area contributed by atoms with Crippen molar-refractivity contribution in [3.63, 3.8) is 0 Å². The predicted molar refractivity (Wildman–Crippen MR) is 104 cm³/mol. The van der Waals surface area contributed by atoms with Crippen LogP contribution in [0.4, 0.5) is 32.8 Å². The fraction of sp³-hybridized carbons (Fsp3) is 0.100. The third-order valence-corrected chi connectivity index (χ3v) is 3.79. The molecule has 0 saturated heterocycles. The van der Waals surface area contributed by atoms with Crippen molar-refractivity contribution in [3.8, 4) is 0 Å². The van der Waals surface area contributed by atoms with Gasteiger partial charge in [0.15, 0.2) is 0 Å². The van der Waals surface area contributed by atoms with E-state index in [1.165, 1.54) is 17.0 Å². The third-order valence-electron chi connectivity index (χ3n) is 3.79. The quantitative estimate of drug-likeness (QED) is 0.427. The van der Waals surface area contributed by atoms with E-state index in [0.717, 1.165) is 0 Å². The molecule has 2 N–H and O–H groups in total. The van der Waals surface area contributed by atoms with Crippen molar-refractivity contribution < 1.29 is 14.6 Å². The van der Waals surface area contributed by atoms with Crippen LogP contribution in [0.2, 0.25) is 0 Å². The van der Waals surface area contributed by atoms with Crippen molar-refractivity contribution in [2.24, 2.45) is 20.5 Å². The van der Waals surface area contributed by atoms with Crippen molar-refractivity contribution in [1.82, 2.24) is 0 Å². The van der Waals surface area contributed by atoms with E-state index >= 15 is 0 Å². The normalized spacial score (nSPS) is 11.4. The molecule has 8 heteroatoms. The molecule has 0 unspecified atom stereocenters. The molecule has 0 bridgehead atoms. The second-order valence-electron chi connectivity index (χ2n) is 5.73. The van der Waals surface area contributed by atoms with Gasteiger partial charge in [-0.1, -0.05) is 0 Å². The summed E-state index contributed by atoms with van der Waals surface area (Å²) in [5.41, 5.74) is 3.17. The molecule has 0 spiro atoms. The van der Waals surface area contributed by atoms with Crippen molar-refractivity contribution in [2.75, 3.05) is 18.4 Å². The predicted octanol–water partition coefficient (Wildman–Crippen LogP) is 5.36. The second kappa shape index (κ2) is 9.45. The van der Waals surface area contributed by atoms with Gasteiger partial charge in [-0.05, 0) is 72.8 Å². The molecule has 3 rings (SSSR count). The van der Waals surface area contributed by atoms with Gasteiger partial charge in [-0.3, -0.25) is 0 Å². The monoisotopic (exact) mass is 379 g/mol. The highest BCUT2D eigenvalue weighted by atomic mass is 19.1. The molecule has 0 amide bonds. The average Bonchev–Trinajstić information content (AvgIpc) is 2.74. The number of halogens is 1. The molecular weight excluding hydrogens is 361 g/mol. The third kappa shape index (κ3) is 5.26. The van der Waals surface area contributed by atoms with Gasteiger partial charge in [0.2, 0.25) is 0 Å². The number of benzene rings is 3. The van der Waals surface area contributed by atoms with Crippen LogP contribution in [0.15, 0.2) is 93.3 Å². The van der Waals surface area contributed by atoms with Crippen molar-refractivity contribution >= 4 is 28.4 Å². The van der Waals surface area contributed by atoms with Gasteiger partial charge in [-0.2, -0.15) is 20.5 Å². The minimum absolute atomic E-state index is 0.276. The molecule has 7 nitrogen and oxygen atoms in total. The number of rotatable bonds is 7. The van der Waals surface area contributed by atoms with E-state index in [1.807, 2.05) is 0 Å². The molecule has 0 heterocycles. The summed E-state index contributed by atoms with van der Waals surface area (Å²) in [5, 5.41) is 34.7. The van der Waals surface area contributed by atoms with E-state index in [4.69, 9.17) is 10.2 Å². The molecule has 0 radical (unpaired) electrons. The van der Waals surface area contributed by atoms with Gasteiger partial charge in [-0.25, -0.2) is 4.39 Å². The maximum atomic E-state index is 12.9. The number of nitrogens with zero attached hydrogens (tertiary/aromatic N) is 5. The van der Waals surface area contributed by atoms with Crippen LogP contribution in [-0.2, 0) is 0 Å². The lowest BCUT2D eigenvalue weighted by atomic mass is 10.3. The maximum absolute atomic E-state index is 12.9. The number of anilines is 1. The van der Waals surface area contributed by atoms with Crippen molar-refractivity contribution in [1.29, 1.82) is 0 Å². The van der Waals surface area contributed by atoms with E-state index < -0.39 is 0 Å². The first-order chi connectivity index (χ1) is 13.7. The average molecular weight is 379 g/mol. The van der Waals surface area contributed by atoms with E-state index in [0.29, 0.717) is 28.4 Å². The Balaban J connectivity index is 1.62. The Labute approximate surface area is 161 Å². The van der Waals surface area contributed by atoms with E-state index in [2.05, 4.69) is 20.5 Å². The van der Waals surface area contributed by atoms with Crippen LogP contribution < -0.4 is 4.90 Å². The van der Waals surface area contributed by atoms with Crippen molar-refractivity contribution in [3.05, 3.63) is 78.6 Å². The zero-order chi connectivity index (χ0) is 19.8. The van der Waals surface area contributed by atoms with Crippen LogP contribution in [0.5, 0.6) is 0 Å². The summed E-state index contributed by atoms with van der Waals surface area (Å²) in [7, 11) is 0. The van der Waals surface area contributed by atoms with Crippen LogP contribution in [0.3, 0.4) is 0 Å². The Morgan fingerprint density at radius 1 is 0.571 bits per heavy atom. The summed E-state index contributed by atoms with van der Waals surface area (Å²) in [4.78, 5) is 1.39. The highest BCUT2D eigenvalue weighted by Crippen LogP contribution is 2.24. The molecule has 0 aliphatic carbocycles. The fourth-order valence-electron chi connectivity index (χ4n) is 2.26. The second-order valence-corrected chi connectivity index (χ2v) is 5.73. The lowest BCUT2D eigenvalue weighted by Crippen LogP contribution is -2.24. The number of aliphatic hydroxyl groups excluding tert-OH is 2. The van der Waals surface area contributed by atoms with Gasteiger partial charge in [0.25, 0.3) is 0 Å². The molecule has 3 aromatic rings. The summed E-state index contributed by atoms with van der Waals surface area (Å²) < 4.78 is 12.9. The molecule has 0 fully saturated rings. The van der Waals surface area contributed by atoms with E-state index in [9.17, 15) is 4.39 Å². The molecular formula is C20H18FN5O2. The first-order valence-electron chi connectivity index (χ1n) is 8.44. The van der Waals surface area contributed by atoms with Crippen LogP contribution in [0.25, 0.3) is 0 Å². The first-order valence-corrected chi connectivity index (χ1v) is 8.44. The smallest absolute Gasteiger partial charge is 0.123 e. The molecule has 28 heavy (non-hydrogen) atoms. The standard InChI is InChI=1S/C20H18FN5O2/c21-15-1-3-16(4-2-15)22-23-17-5-7-18(8-6-17)24-25-19-9-11-20(12-10-19)26(13-27)14-28/h1-12,27-28H,13-14H2. The summed E-state index contributed by atoms with van der Waals surface area (Å²) in [6, 6.07) is 19.7. The van der Waals surface area contributed by atoms with Gasteiger partial charge in [0, 0.05) is 5.69 Å². The fourth-order valence-corrected chi connectivity index (χ4v) is 2.26. The summed E-state index contributed by atoms with van der Waals surface area (Å²) in [6.07, 6.45) is 0. The number of aliphatic hydroxyl groups is 2. The number of azo groups is 2. The van der Waals surface area contributed by atoms with Crippen LogP contribution in [-0.4, -0.2) is 23.7 Å². The Kier molecular flexibility index (Phi) is 6.50. The SMILES string of the molecule is OCN(CO)c1ccc(N=Nc2ccc(N=Nc3ccc(F)cc3)cc2)cc1. The minimum atomic E-state index is -0.317. The topological polar surface area (TPSA) is 93.1 Å².